The van der Waals surface area contributed by atoms with Crippen LogP contribution >= 0.6 is 0 Å². The van der Waals surface area contributed by atoms with Crippen LogP contribution in [0.2, 0.25) is 0 Å². The number of carbonyl (C=O) groups is 1. The summed E-state index contributed by atoms with van der Waals surface area (Å²) in [6, 6.07) is 19.2. The van der Waals surface area contributed by atoms with E-state index in [0.29, 0.717) is 11.3 Å². The van der Waals surface area contributed by atoms with Crippen LogP contribution < -0.4 is 15.0 Å². The first kappa shape index (κ1) is 16.1. The average molecular weight is 345 g/mol. The van der Waals surface area contributed by atoms with E-state index in [9.17, 15) is 4.79 Å². The quantitative estimate of drug-likeness (QED) is 0.775. The second-order valence-corrected chi connectivity index (χ2v) is 6.12. The van der Waals surface area contributed by atoms with Crippen LogP contribution in [0.3, 0.4) is 0 Å². The highest BCUT2D eigenvalue weighted by atomic mass is 16.5. The summed E-state index contributed by atoms with van der Waals surface area (Å²) >= 11 is 0. The molecule has 5 nitrogen and oxygen atoms in total. The van der Waals surface area contributed by atoms with Gasteiger partial charge in [-0.15, -0.1) is 0 Å². The molecular weight excluding hydrogens is 326 g/mol. The number of carbonyl (C=O) groups excluding carboxylic acids is 1. The summed E-state index contributed by atoms with van der Waals surface area (Å²) < 4.78 is 5.11. The number of fused-ring (bicyclic) bond motifs is 1. The normalized spacial score (nSPS) is 12.6. The van der Waals surface area contributed by atoms with Crippen molar-refractivity contribution in [3.63, 3.8) is 0 Å². The van der Waals surface area contributed by atoms with Crippen LogP contribution in [0.4, 0.5) is 17.2 Å². The van der Waals surface area contributed by atoms with Crippen molar-refractivity contribution in [1.82, 2.24) is 4.98 Å². The lowest BCUT2D eigenvalue weighted by atomic mass is 10.2. The smallest absolute Gasteiger partial charge is 0.255 e. The van der Waals surface area contributed by atoms with E-state index in [1.807, 2.05) is 18.2 Å². The summed E-state index contributed by atoms with van der Waals surface area (Å²) in [5, 5.41) is 2.87. The molecule has 3 aromatic rings. The van der Waals surface area contributed by atoms with Gasteiger partial charge in [0.15, 0.2) is 0 Å². The number of nitrogens with one attached hydrogen (secondary N) is 1. The zero-order chi connectivity index (χ0) is 17.9. The van der Waals surface area contributed by atoms with Crippen molar-refractivity contribution in [3.8, 4) is 5.75 Å². The average Bonchev–Trinajstić information content (AvgIpc) is 3.13. The Labute approximate surface area is 152 Å². The summed E-state index contributed by atoms with van der Waals surface area (Å²) in [4.78, 5) is 19.1. The number of anilines is 3. The van der Waals surface area contributed by atoms with E-state index < -0.39 is 0 Å². The van der Waals surface area contributed by atoms with Crippen molar-refractivity contribution in [3.05, 3.63) is 78.0 Å². The highest BCUT2D eigenvalue weighted by Gasteiger charge is 2.20. The molecular formula is C21H19N3O2. The topological polar surface area (TPSA) is 54.5 Å². The molecule has 0 saturated heterocycles. The molecule has 0 saturated carbocycles. The Morgan fingerprint density at radius 3 is 2.62 bits per heavy atom. The van der Waals surface area contributed by atoms with Crippen molar-refractivity contribution in [2.24, 2.45) is 0 Å². The molecule has 4 rings (SSSR count). The third-order valence-corrected chi connectivity index (χ3v) is 4.52. The largest absolute Gasteiger partial charge is 0.497 e. The molecule has 0 radical (unpaired) electrons. The maximum atomic E-state index is 12.3. The Bertz CT molecular complexity index is 921. The Morgan fingerprint density at radius 2 is 1.88 bits per heavy atom. The molecule has 2 heterocycles. The molecule has 130 valence electrons. The van der Waals surface area contributed by atoms with Crippen LogP contribution in [0.25, 0.3) is 0 Å². The summed E-state index contributed by atoms with van der Waals surface area (Å²) in [6.07, 6.45) is 2.71. The SMILES string of the molecule is COc1ccc(C(=O)Nc2ccc(N3CCc4ccccc43)nc2)cc1. The Hall–Kier alpha value is -3.34. The molecule has 0 unspecified atom stereocenters. The summed E-state index contributed by atoms with van der Waals surface area (Å²) in [7, 11) is 1.60. The maximum absolute atomic E-state index is 12.3. The third kappa shape index (κ3) is 3.11. The summed E-state index contributed by atoms with van der Waals surface area (Å²) in [6.45, 7) is 0.921. The van der Waals surface area contributed by atoms with Gasteiger partial charge < -0.3 is 15.0 Å². The second kappa shape index (κ2) is 6.88. The first-order chi connectivity index (χ1) is 12.7. The van der Waals surface area contributed by atoms with Gasteiger partial charge in [0.25, 0.3) is 5.91 Å². The van der Waals surface area contributed by atoms with E-state index in [-0.39, 0.29) is 5.91 Å². The maximum Gasteiger partial charge on any atom is 0.255 e. The zero-order valence-electron chi connectivity index (χ0n) is 14.5. The van der Waals surface area contributed by atoms with Gasteiger partial charge in [0, 0.05) is 17.8 Å². The highest BCUT2D eigenvalue weighted by Crippen LogP contribution is 2.33. The molecule has 0 bridgehead atoms. The van der Waals surface area contributed by atoms with Crippen LogP contribution in [0.1, 0.15) is 15.9 Å². The lowest BCUT2D eigenvalue weighted by molar-refractivity contribution is 0.102. The molecule has 1 N–H and O–H groups in total. The summed E-state index contributed by atoms with van der Waals surface area (Å²) in [5.41, 5.74) is 3.78. The van der Waals surface area contributed by atoms with Crippen molar-refractivity contribution in [2.75, 3.05) is 23.9 Å². The monoisotopic (exact) mass is 345 g/mol. The number of aromatic nitrogens is 1. The Morgan fingerprint density at radius 1 is 1.08 bits per heavy atom. The first-order valence-corrected chi connectivity index (χ1v) is 8.51. The molecule has 1 amide bonds. The van der Waals surface area contributed by atoms with Crippen LogP contribution in [0.15, 0.2) is 66.9 Å². The van der Waals surface area contributed by atoms with E-state index in [1.54, 1.807) is 37.6 Å². The molecule has 5 heteroatoms. The number of ether oxygens (including phenoxy) is 1. The molecule has 0 fully saturated rings. The number of methoxy groups -OCH3 is 1. The standard InChI is InChI=1S/C21H19N3O2/c1-26-18-9-6-16(7-10-18)21(25)23-17-8-11-20(22-14-17)24-13-12-15-4-2-3-5-19(15)24/h2-11,14H,12-13H2,1H3,(H,23,25). The molecule has 1 aliphatic rings. The number of hydrogen-bond acceptors (Lipinski definition) is 4. The van der Waals surface area contributed by atoms with Gasteiger partial charge in [0.05, 0.1) is 19.0 Å². The fourth-order valence-corrected chi connectivity index (χ4v) is 3.14. The van der Waals surface area contributed by atoms with Crippen LogP contribution in [-0.2, 0) is 6.42 Å². The molecule has 2 aromatic carbocycles. The van der Waals surface area contributed by atoms with Crippen molar-refractivity contribution < 1.29 is 9.53 Å². The van der Waals surface area contributed by atoms with Gasteiger partial charge in [0.1, 0.15) is 11.6 Å². The predicted molar refractivity (Wildman–Crippen MR) is 102 cm³/mol. The fraction of sp³-hybridized carbons (Fsp3) is 0.143. The van der Waals surface area contributed by atoms with E-state index in [0.717, 1.165) is 24.5 Å². The minimum absolute atomic E-state index is 0.172. The number of nitrogens with zero attached hydrogens (tertiary/aromatic N) is 2. The third-order valence-electron chi connectivity index (χ3n) is 4.52. The minimum atomic E-state index is -0.172. The predicted octanol–water partition coefficient (Wildman–Crippen LogP) is 4.04. The summed E-state index contributed by atoms with van der Waals surface area (Å²) in [5.74, 6) is 1.43. The van der Waals surface area contributed by atoms with Crippen LogP contribution in [0.5, 0.6) is 5.75 Å². The molecule has 0 aliphatic carbocycles. The van der Waals surface area contributed by atoms with E-state index in [2.05, 4.69) is 33.4 Å². The highest BCUT2D eigenvalue weighted by molar-refractivity contribution is 6.04. The van der Waals surface area contributed by atoms with Gasteiger partial charge in [0.2, 0.25) is 0 Å². The van der Waals surface area contributed by atoms with Gasteiger partial charge in [-0.25, -0.2) is 4.98 Å². The van der Waals surface area contributed by atoms with Gasteiger partial charge in [-0.1, -0.05) is 18.2 Å². The number of amides is 1. The number of pyridine rings is 1. The number of benzene rings is 2. The van der Waals surface area contributed by atoms with Crippen molar-refractivity contribution in [2.45, 2.75) is 6.42 Å². The molecule has 0 spiro atoms. The van der Waals surface area contributed by atoms with Crippen LogP contribution in [0, 0.1) is 0 Å². The Kier molecular flexibility index (Phi) is 4.27. The van der Waals surface area contributed by atoms with Gasteiger partial charge in [-0.2, -0.15) is 0 Å². The first-order valence-electron chi connectivity index (χ1n) is 8.51. The Balaban J connectivity index is 1.47. The number of hydrogen-bond donors (Lipinski definition) is 1. The van der Waals surface area contributed by atoms with Gasteiger partial charge in [-0.05, 0) is 54.4 Å². The molecule has 1 aliphatic heterocycles. The lowest BCUT2D eigenvalue weighted by Crippen LogP contribution is -2.15. The van der Waals surface area contributed by atoms with Gasteiger partial charge in [-0.3, -0.25) is 4.79 Å². The van der Waals surface area contributed by atoms with E-state index >= 15 is 0 Å². The lowest BCUT2D eigenvalue weighted by Gasteiger charge is -2.18. The van der Waals surface area contributed by atoms with Crippen LogP contribution in [-0.4, -0.2) is 24.5 Å². The minimum Gasteiger partial charge on any atom is -0.497 e. The van der Waals surface area contributed by atoms with Crippen molar-refractivity contribution in [1.29, 1.82) is 0 Å². The fourth-order valence-electron chi connectivity index (χ4n) is 3.14. The van der Waals surface area contributed by atoms with Crippen molar-refractivity contribution >= 4 is 23.1 Å². The number of para-hydroxylation sites is 1. The second-order valence-electron chi connectivity index (χ2n) is 6.12. The van der Waals surface area contributed by atoms with Gasteiger partial charge >= 0.3 is 0 Å². The molecule has 26 heavy (non-hydrogen) atoms. The zero-order valence-corrected chi connectivity index (χ0v) is 14.5. The van der Waals surface area contributed by atoms with E-state index in [1.165, 1.54) is 11.3 Å². The molecule has 0 atom stereocenters. The molecule has 1 aromatic heterocycles. The van der Waals surface area contributed by atoms with E-state index in [4.69, 9.17) is 4.74 Å². The number of rotatable bonds is 4.